The van der Waals surface area contributed by atoms with Crippen molar-refractivity contribution in [2.45, 2.75) is 26.4 Å². The first-order chi connectivity index (χ1) is 9.11. The summed E-state index contributed by atoms with van der Waals surface area (Å²) in [5.74, 6) is 0. The van der Waals surface area contributed by atoms with Crippen LogP contribution in [0, 0.1) is 0 Å². The van der Waals surface area contributed by atoms with Gasteiger partial charge in [0.05, 0.1) is 16.2 Å². The van der Waals surface area contributed by atoms with Crippen molar-refractivity contribution < 1.29 is 0 Å². The van der Waals surface area contributed by atoms with Crippen molar-refractivity contribution in [2.75, 3.05) is 5.32 Å². The van der Waals surface area contributed by atoms with E-state index in [-0.39, 0.29) is 5.56 Å². The fourth-order valence-electron chi connectivity index (χ4n) is 1.59. The number of hydrogen-bond donors (Lipinski definition) is 1. The Morgan fingerprint density at radius 3 is 2.95 bits per heavy atom. The van der Waals surface area contributed by atoms with Crippen LogP contribution in [0.5, 0.6) is 0 Å². The van der Waals surface area contributed by atoms with Gasteiger partial charge in [0.1, 0.15) is 4.47 Å². The molecule has 2 aromatic rings. The zero-order chi connectivity index (χ0) is 13.8. The second kappa shape index (κ2) is 6.54. The maximum atomic E-state index is 12.0. The van der Waals surface area contributed by atoms with Crippen molar-refractivity contribution in [3.63, 3.8) is 0 Å². The average molecular weight is 363 g/mol. The molecule has 0 bridgehead atoms. The lowest BCUT2D eigenvalue weighted by Crippen LogP contribution is -2.24. The highest BCUT2D eigenvalue weighted by Crippen LogP contribution is 2.23. The SMILES string of the molecule is CCCn1ncc(NCc2ccc(Cl)s2)c(Br)c1=O. The van der Waals surface area contributed by atoms with Gasteiger partial charge in [-0.1, -0.05) is 18.5 Å². The maximum absolute atomic E-state index is 12.0. The summed E-state index contributed by atoms with van der Waals surface area (Å²) in [4.78, 5) is 13.1. The van der Waals surface area contributed by atoms with E-state index in [1.165, 1.54) is 16.0 Å². The molecule has 19 heavy (non-hydrogen) atoms. The largest absolute Gasteiger partial charge is 0.378 e. The first kappa shape index (κ1) is 14.6. The maximum Gasteiger partial charge on any atom is 0.283 e. The van der Waals surface area contributed by atoms with E-state index in [2.05, 4.69) is 26.3 Å². The van der Waals surface area contributed by atoms with Crippen LogP contribution in [0.15, 0.2) is 27.6 Å². The van der Waals surface area contributed by atoms with Gasteiger partial charge in [0.25, 0.3) is 5.56 Å². The highest BCUT2D eigenvalue weighted by atomic mass is 79.9. The molecule has 0 radical (unpaired) electrons. The van der Waals surface area contributed by atoms with Gasteiger partial charge < -0.3 is 5.32 Å². The topological polar surface area (TPSA) is 46.9 Å². The number of nitrogens with zero attached hydrogens (tertiary/aromatic N) is 2. The lowest BCUT2D eigenvalue weighted by atomic mass is 10.4. The van der Waals surface area contributed by atoms with E-state index in [4.69, 9.17) is 11.6 Å². The van der Waals surface area contributed by atoms with Crippen molar-refractivity contribution in [1.29, 1.82) is 0 Å². The number of anilines is 1. The van der Waals surface area contributed by atoms with Gasteiger partial charge in [0.2, 0.25) is 0 Å². The van der Waals surface area contributed by atoms with Gasteiger partial charge in [-0.2, -0.15) is 5.10 Å². The molecule has 0 spiro atoms. The predicted octanol–water partition coefficient (Wildman–Crippen LogP) is 3.74. The Labute approximate surface area is 128 Å². The lowest BCUT2D eigenvalue weighted by Gasteiger charge is -2.09. The molecule has 1 N–H and O–H groups in total. The molecule has 2 aromatic heterocycles. The number of rotatable bonds is 5. The van der Waals surface area contributed by atoms with Crippen LogP contribution in [0.3, 0.4) is 0 Å². The van der Waals surface area contributed by atoms with Crippen LogP contribution in [-0.2, 0) is 13.1 Å². The van der Waals surface area contributed by atoms with Crippen molar-refractivity contribution in [1.82, 2.24) is 9.78 Å². The van der Waals surface area contributed by atoms with Crippen LogP contribution >= 0.6 is 38.9 Å². The Morgan fingerprint density at radius 2 is 2.32 bits per heavy atom. The quantitative estimate of drug-likeness (QED) is 0.881. The summed E-state index contributed by atoms with van der Waals surface area (Å²) >= 11 is 10.7. The Hall–Kier alpha value is -0.850. The molecule has 0 aromatic carbocycles. The van der Waals surface area contributed by atoms with E-state index in [0.717, 1.165) is 15.6 Å². The molecule has 0 aliphatic carbocycles. The molecule has 0 saturated carbocycles. The molecular formula is C12H13BrClN3OS. The second-order valence-electron chi connectivity index (χ2n) is 3.96. The van der Waals surface area contributed by atoms with Crippen molar-refractivity contribution in [2.24, 2.45) is 0 Å². The smallest absolute Gasteiger partial charge is 0.283 e. The summed E-state index contributed by atoms with van der Waals surface area (Å²) in [5, 5.41) is 7.32. The monoisotopic (exact) mass is 361 g/mol. The van der Waals surface area contributed by atoms with Gasteiger partial charge in [-0.25, -0.2) is 4.68 Å². The summed E-state index contributed by atoms with van der Waals surface area (Å²) in [6.45, 7) is 3.25. The van der Waals surface area contributed by atoms with Gasteiger partial charge in [0, 0.05) is 18.0 Å². The third kappa shape index (κ3) is 3.58. The van der Waals surface area contributed by atoms with E-state index in [0.29, 0.717) is 23.2 Å². The minimum atomic E-state index is -0.115. The molecule has 0 aliphatic heterocycles. The van der Waals surface area contributed by atoms with Crippen LogP contribution in [0.2, 0.25) is 4.34 Å². The van der Waals surface area contributed by atoms with Crippen molar-refractivity contribution >= 4 is 44.6 Å². The molecule has 0 fully saturated rings. The minimum Gasteiger partial charge on any atom is -0.378 e. The summed E-state index contributed by atoms with van der Waals surface area (Å²) in [7, 11) is 0. The summed E-state index contributed by atoms with van der Waals surface area (Å²) < 4.78 is 2.73. The molecular weight excluding hydrogens is 350 g/mol. The van der Waals surface area contributed by atoms with E-state index in [1.54, 1.807) is 6.20 Å². The summed E-state index contributed by atoms with van der Waals surface area (Å²) in [6, 6.07) is 3.81. The molecule has 0 amide bonds. The fraction of sp³-hybridized carbons (Fsp3) is 0.333. The molecule has 2 heterocycles. The molecule has 0 unspecified atom stereocenters. The van der Waals surface area contributed by atoms with Crippen molar-refractivity contribution in [3.8, 4) is 0 Å². The van der Waals surface area contributed by atoms with Gasteiger partial charge in [-0.05, 0) is 34.5 Å². The molecule has 2 rings (SSSR count). The Morgan fingerprint density at radius 1 is 1.53 bits per heavy atom. The van der Waals surface area contributed by atoms with Gasteiger partial charge in [-0.3, -0.25) is 4.79 Å². The molecule has 102 valence electrons. The first-order valence-electron chi connectivity index (χ1n) is 5.85. The van der Waals surface area contributed by atoms with Crippen LogP contribution < -0.4 is 10.9 Å². The normalized spacial score (nSPS) is 10.7. The molecule has 7 heteroatoms. The van der Waals surface area contributed by atoms with Gasteiger partial charge >= 0.3 is 0 Å². The Bertz CT molecular complexity index is 626. The predicted molar refractivity (Wildman–Crippen MR) is 83.1 cm³/mol. The number of aryl methyl sites for hydroxylation is 1. The average Bonchev–Trinajstić information content (AvgIpc) is 2.80. The zero-order valence-corrected chi connectivity index (χ0v) is 13.5. The van der Waals surface area contributed by atoms with E-state index in [1.807, 2.05) is 19.1 Å². The second-order valence-corrected chi connectivity index (χ2v) is 6.55. The van der Waals surface area contributed by atoms with Crippen LogP contribution in [0.1, 0.15) is 18.2 Å². The van der Waals surface area contributed by atoms with Gasteiger partial charge in [-0.15, -0.1) is 11.3 Å². The fourth-order valence-corrected chi connectivity index (χ4v) is 3.06. The van der Waals surface area contributed by atoms with Gasteiger partial charge in [0.15, 0.2) is 0 Å². The number of nitrogens with one attached hydrogen (secondary N) is 1. The van der Waals surface area contributed by atoms with Crippen molar-refractivity contribution in [3.05, 3.63) is 42.4 Å². The lowest BCUT2D eigenvalue weighted by molar-refractivity contribution is 0.566. The third-order valence-corrected chi connectivity index (χ3v) is 4.50. The highest BCUT2D eigenvalue weighted by molar-refractivity contribution is 9.10. The van der Waals surface area contributed by atoms with E-state index >= 15 is 0 Å². The number of thiophene rings is 1. The van der Waals surface area contributed by atoms with Crippen LogP contribution in [0.4, 0.5) is 5.69 Å². The molecule has 0 aliphatic rings. The Balaban J connectivity index is 2.13. The molecule has 0 saturated heterocycles. The summed E-state index contributed by atoms with van der Waals surface area (Å²) in [5.41, 5.74) is 0.581. The zero-order valence-electron chi connectivity index (χ0n) is 10.3. The number of halogens is 2. The summed E-state index contributed by atoms with van der Waals surface area (Å²) in [6.07, 6.45) is 2.54. The minimum absolute atomic E-state index is 0.115. The molecule has 0 atom stereocenters. The van der Waals surface area contributed by atoms with Crippen LogP contribution in [-0.4, -0.2) is 9.78 Å². The number of aromatic nitrogens is 2. The number of hydrogen-bond acceptors (Lipinski definition) is 4. The molecule has 4 nitrogen and oxygen atoms in total. The van der Waals surface area contributed by atoms with E-state index < -0.39 is 0 Å². The van der Waals surface area contributed by atoms with Crippen LogP contribution in [0.25, 0.3) is 0 Å². The Kier molecular flexibility index (Phi) is 5.01. The highest BCUT2D eigenvalue weighted by Gasteiger charge is 2.08. The van der Waals surface area contributed by atoms with E-state index in [9.17, 15) is 4.79 Å². The first-order valence-corrected chi connectivity index (χ1v) is 7.84. The standard InChI is InChI=1S/C12H13BrClN3OS/c1-2-5-17-12(18)11(13)9(7-16-17)15-6-8-3-4-10(14)19-8/h3-4,7,15H,2,5-6H2,1H3. The third-order valence-electron chi connectivity index (χ3n) is 2.50.